The number of hydrogen-bond donors (Lipinski definition) is 2. The molecule has 1 heterocycles. The summed E-state index contributed by atoms with van der Waals surface area (Å²) in [5, 5.41) is 11.9. The topological polar surface area (TPSA) is 69.6 Å². The molecule has 102 valence electrons. The van der Waals surface area contributed by atoms with E-state index in [1.165, 1.54) is 19.3 Å². The smallest absolute Gasteiger partial charge is 0.317 e. The SMILES string of the molecule is CC1CN(C(=O)NCCCC2CC2)CC1C(=O)O. The predicted molar refractivity (Wildman–Crippen MR) is 67.2 cm³/mol. The summed E-state index contributed by atoms with van der Waals surface area (Å²) in [5.41, 5.74) is 0. The van der Waals surface area contributed by atoms with Gasteiger partial charge in [0, 0.05) is 19.6 Å². The summed E-state index contributed by atoms with van der Waals surface area (Å²) in [6.45, 7) is 3.48. The van der Waals surface area contributed by atoms with Crippen molar-refractivity contribution in [3.63, 3.8) is 0 Å². The minimum atomic E-state index is -0.800. The molecule has 0 aromatic heterocycles. The summed E-state index contributed by atoms with van der Waals surface area (Å²) in [5.74, 6) is -0.279. The average molecular weight is 254 g/mol. The fourth-order valence-electron chi connectivity index (χ4n) is 2.56. The number of nitrogens with zero attached hydrogens (tertiary/aromatic N) is 1. The Kier molecular flexibility index (Phi) is 4.09. The average Bonchev–Trinajstić information content (AvgIpc) is 3.05. The highest BCUT2D eigenvalue weighted by Gasteiger charge is 2.36. The first-order chi connectivity index (χ1) is 8.58. The molecule has 0 aromatic rings. The zero-order valence-corrected chi connectivity index (χ0v) is 10.9. The lowest BCUT2D eigenvalue weighted by Gasteiger charge is -2.16. The predicted octanol–water partition coefficient (Wildman–Crippen LogP) is 1.54. The van der Waals surface area contributed by atoms with Gasteiger partial charge >= 0.3 is 12.0 Å². The van der Waals surface area contributed by atoms with Crippen LogP contribution in [0.1, 0.15) is 32.6 Å². The van der Waals surface area contributed by atoms with Crippen molar-refractivity contribution >= 4 is 12.0 Å². The number of amides is 2. The second-order valence-corrected chi connectivity index (χ2v) is 5.64. The molecule has 1 aliphatic heterocycles. The van der Waals surface area contributed by atoms with E-state index in [0.717, 1.165) is 12.3 Å². The van der Waals surface area contributed by atoms with Crippen molar-refractivity contribution in [1.29, 1.82) is 0 Å². The Hall–Kier alpha value is -1.26. The van der Waals surface area contributed by atoms with Gasteiger partial charge < -0.3 is 15.3 Å². The van der Waals surface area contributed by atoms with Crippen molar-refractivity contribution in [2.24, 2.45) is 17.8 Å². The Morgan fingerprint density at radius 1 is 1.33 bits per heavy atom. The van der Waals surface area contributed by atoms with E-state index >= 15 is 0 Å². The Morgan fingerprint density at radius 2 is 2.06 bits per heavy atom. The first-order valence-electron chi connectivity index (χ1n) is 6.83. The maximum Gasteiger partial charge on any atom is 0.317 e. The number of urea groups is 1. The van der Waals surface area contributed by atoms with E-state index in [1.54, 1.807) is 4.90 Å². The summed E-state index contributed by atoms with van der Waals surface area (Å²) in [4.78, 5) is 24.4. The lowest BCUT2D eigenvalue weighted by atomic mass is 9.99. The molecule has 1 aliphatic carbocycles. The second kappa shape index (κ2) is 5.59. The molecular formula is C13H22N2O3. The molecule has 18 heavy (non-hydrogen) atoms. The molecule has 0 radical (unpaired) electrons. The first kappa shape index (κ1) is 13.2. The van der Waals surface area contributed by atoms with Crippen LogP contribution in [0.3, 0.4) is 0 Å². The van der Waals surface area contributed by atoms with Crippen LogP contribution in [0, 0.1) is 17.8 Å². The highest BCUT2D eigenvalue weighted by Crippen LogP contribution is 2.33. The number of carboxylic acid groups (broad SMARTS) is 1. The number of carbonyl (C=O) groups is 2. The molecular weight excluding hydrogens is 232 g/mol. The van der Waals surface area contributed by atoms with Crippen molar-refractivity contribution < 1.29 is 14.7 Å². The van der Waals surface area contributed by atoms with Gasteiger partial charge in [-0.25, -0.2) is 4.79 Å². The van der Waals surface area contributed by atoms with Crippen molar-refractivity contribution in [3.8, 4) is 0 Å². The molecule has 5 heteroatoms. The number of nitrogens with one attached hydrogen (secondary N) is 1. The van der Waals surface area contributed by atoms with Gasteiger partial charge in [0.1, 0.15) is 0 Å². The standard InChI is InChI=1S/C13H22N2O3/c1-9-7-15(8-11(9)12(16)17)13(18)14-6-2-3-10-4-5-10/h9-11H,2-8H2,1H3,(H,14,18)(H,16,17). The Balaban J connectivity index is 1.67. The fourth-order valence-corrected chi connectivity index (χ4v) is 2.56. The number of carbonyl (C=O) groups excluding carboxylic acids is 1. The summed E-state index contributed by atoms with van der Waals surface area (Å²) < 4.78 is 0. The van der Waals surface area contributed by atoms with Crippen LogP contribution in [0.2, 0.25) is 0 Å². The maximum atomic E-state index is 11.8. The number of hydrogen-bond acceptors (Lipinski definition) is 2. The highest BCUT2D eigenvalue weighted by molar-refractivity contribution is 5.77. The number of likely N-dealkylation sites (tertiary alicyclic amines) is 1. The zero-order chi connectivity index (χ0) is 13.1. The van der Waals surface area contributed by atoms with E-state index < -0.39 is 11.9 Å². The quantitative estimate of drug-likeness (QED) is 0.731. The van der Waals surface area contributed by atoms with Crippen molar-refractivity contribution in [2.45, 2.75) is 32.6 Å². The van der Waals surface area contributed by atoms with Gasteiger partial charge in [-0.3, -0.25) is 4.79 Å². The zero-order valence-electron chi connectivity index (χ0n) is 10.9. The first-order valence-corrected chi connectivity index (χ1v) is 6.83. The molecule has 2 fully saturated rings. The summed E-state index contributed by atoms with van der Waals surface area (Å²) in [7, 11) is 0. The Morgan fingerprint density at radius 3 is 2.61 bits per heavy atom. The van der Waals surface area contributed by atoms with Crippen molar-refractivity contribution in [3.05, 3.63) is 0 Å². The van der Waals surface area contributed by atoms with Crippen LogP contribution in [0.5, 0.6) is 0 Å². The van der Waals surface area contributed by atoms with Gasteiger partial charge in [-0.15, -0.1) is 0 Å². The van der Waals surface area contributed by atoms with Crippen LogP contribution >= 0.6 is 0 Å². The molecule has 0 bridgehead atoms. The van der Waals surface area contributed by atoms with Crippen molar-refractivity contribution in [2.75, 3.05) is 19.6 Å². The molecule has 1 saturated carbocycles. The van der Waals surface area contributed by atoms with Crippen LogP contribution < -0.4 is 5.32 Å². The maximum absolute atomic E-state index is 11.8. The van der Waals surface area contributed by atoms with Crippen molar-refractivity contribution in [1.82, 2.24) is 10.2 Å². The van der Waals surface area contributed by atoms with Crippen LogP contribution in [-0.4, -0.2) is 41.6 Å². The van der Waals surface area contributed by atoms with E-state index in [4.69, 9.17) is 5.11 Å². The van der Waals surface area contributed by atoms with E-state index in [9.17, 15) is 9.59 Å². The lowest BCUT2D eigenvalue weighted by molar-refractivity contribution is -0.142. The molecule has 2 aliphatic rings. The number of aliphatic carboxylic acids is 1. The van der Waals surface area contributed by atoms with Crippen LogP contribution in [0.4, 0.5) is 4.79 Å². The van der Waals surface area contributed by atoms with Gasteiger partial charge in [-0.05, 0) is 24.7 Å². The molecule has 0 spiro atoms. The molecule has 2 N–H and O–H groups in total. The third-order valence-electron chi connectivity index (χ3n) is 3.98. The fraction of sp³-hybridized carbons (Fsp3) is 0.846. The number of carboxylic acids is 1. The van der Waals surface area contributed by atoms with Crippen LogP contribution in [0.25, 0.3) is 0 Å². The van der Waals surface area contributed by atoms with Gasteiger partial charge in [0.05, 0.1) is 5.92 Å². The summed E-state index contributed by atoms with van der Waals surface area (Å²) in [6.07, 6.45) is 4.92. The molecule has 2 amide bonds. The monoisotopic (exact) mass is 254 g/mol. The molecule has 1 saturated heterocycles. The molecule has 2 unspecified atom stereocenters. The number of rotatable bonds is 5. The Labute approximate surface area is 108 Å². The summed E-state index contributed by atoms with van der Waals surface area (Å²) in [6, 6.07) is -0.110. The van der Waals surface area contributed by atoms with Gasteiger partial charge in [-0.2, -0.15) is 0 Å². The molecule has 0 aromatic carbocycles. The van der Waals surface area contributed by atoms with Crippen LogP contribution in [0.15, 0.2) is 0 Å². The minimum Gasteiger partial charge on any atom is -0.481 e. The third kappa shape index (κ3) is 3.37. The molecule has 5 nitrogen and oxygen atoms in total. The lowest BCUT2D eigenvalue weighted by Crippen LogP contribution is -2.39. The van der Waals surface area contributed by atoms with E-state index in [2.05, 4.69) is 5.32 Å². The van der Waals surface area contributed by atoms with E-state index in [-0.39, 0.29) is 11.9 Å². The minimum absolute atomic E-state index is 0.0414. The second-order valence-electron chi connectivity index (χ2n) is 5.64. The summed E-state index contributed by atoms with van der Waals surface area (Å²) >= 11 is 0. The Bertz CT molecular complexity index is 328. The van der Waals surface area contributed by atoms with E-state index in [0.29, 0.717) is 19.6 Å². The molecule has 2 atom stereocenters. The molecule has 2 rings (SSSR count). The van der Waals surface area contributed by atoms with Gasteiger partial charge in [0.25, 0.3) is 0 Å². The van der Waals surface area contributed by atoms with Gasteiger partial charge in [-0.1, -0.05) is 19.8 Å². The van der Waals surface area contributed by atoms with Gasteiger partial charge in [0.2, 0.25) is 0 Å². The normalized spacial score (nSPS) is 27.3. The van der Waals surface area contributed by atoms with Gasteiger partial charge in [0.15, 0.2) is 0 Å². The highest BCUT2D eigenvalue weighted by atomic mass is 16.4. The largest absolute Gasteiger partial charge is 0.481 e. The third-order valence-corrected chi connectivity index (χ3v) is 3.98. The van der Waals surface area contributed by atoms with Crippen LogP contribution in [-0.2, 0) is 4.79 Å². The van der Waals surface area contributed by atoms with E-state index in [1.807, 2.05) is 6.92 Å².